The van der Waals surface area contributed by atoms with Crippen LogP contribution in [0.25, 0.3) is 0 Å². The quantitative estimate of drug-likeness (QED) is 0.794. The van der Waals surface area contributed by atoms with E-state index in [9.17, 15) is 4.79 Å². The summed E-state index contributed by atoms with van der Waals surface area (Å²) in [6.07, 6.45) is 1.33. The van der Waals surface area contributed by atoms with E-state index in [1.807, 2.05) is 0 Å². The SMILES string of the molecule is O=C1CCC(c2ccc(N3CCOCC3)cc2)=N1. The van der Waals surface area contributed by atoms with Crippen LogP contribution in [0, 0.1) is 0 Å². The van der Waals surface area contributed by atoms with Crippen molar-refractivity contribution in [2.24, 2.45) is 4.99 Å². The molecule has 0 atom stereocenters. The van der Waals surface area contributed by atoms with Gasteiger partial charge in [-0.15, -0.1) is 0 Å². The first-order valence-electron chi connectivity index (χ1n) is 6.36. The molecule has 18 heavy (non-hydrogen) atoms. The summed E-state index contributed by atoms with van der Waals surface area (Å²) >= 11 is 0. The van der Waals surface area contributed by atoms with Crippen molar-refractivity contribution in [2.45, 2.75) is 12.8 Å². The van der Waals surface area contributed by atoms with Gasteiger partial charge in [-0.05, 0) is 24.1 Å². The molecule has 0 spiro atoms. The van der Waals surface area contributed by atoms with Crippen LogP contribution in [0.2, 0.25) is 0 Å². The number of amides is 1. The lowest BCUT2D eigenvalue weighted by atomic mass is 10.1. The molecular weight excluding hydrogens is 228 g/mol. The van der Waals surface area contributed by atoms with Gasteiger partial charge in [0.05, 0.1) is 18.9 Å². The van der Waals surface area contributed by atoms with Gasteiger partial charge >= 0.3 is 0 Å². The maximum Gasteiger partial charge on any atom is 0.246 e. The molecule has 94 valence electrons. The average molecular weight is 244 g/mol. The second-order valence-corrected chi connectivity index (χ2v) is 4.60. The third-order valence-corrected chi connectivity index (χ3v) is 3.41. The first-order valence-corrected chi connectivity index (χ1v) is 6.36. The largest absolute Gasteiger partial charge is 0.378 e. The summed E-state index contributed by atoms with van der Waals surface area (Å²) in [5.41, 5.74) is 3.21. The Hall–Kier alpha value is -1.68. The number of benzene rings is 1. The van der Waals surface area contributed by atoms with Gasteiger partial charge in [-0.1, -0.05) is 12.1 Å². The van der Waals surface area contributed by atoms with Gasteiger partial charge in [-0.25, -0.2) is 4.99 Å². The molecule has 0 radical (unpaired) electrons. The van der Waals surface area contributed by atoms with Crippen molar-refractivity contribution in [3.05, 3.63) is 29.8 Å². The lowest BCUT2D eigenvalue weighted by molar-refractivity contribution is -0.117. The van der Waals surface area contributed by atoms with E-state index in [1.165, 1.54) is 5.69 Å². The minimum Gasteiger partial charge on any atom is -0.378 e. The maximum absolute atomic E-state index is 11.1. The number of carbonyl (C=O) groups is 1. The minimum atomic E-state index is 0.00209. The third kappa shape index (κ3) is 2.29. The predicted molar refractivity (Wildman–Crippen MR) is 70.3 cm³/mol. The molecule has 1 saturated heterocycles. The summed E-state index contributed by atoms with van der Waals surface area (Å²) in [7, 11) is 0. The smallest absolute Gasteiger partial charge is 0.246 e. The van der Waals surface area contributed by atoms with E-state index in [0.29, 0.717) is 6.42 Å². The predicted octanol–water partition coefficient (Wildman–Crippen LogP) is 1.63. The molecule has 2 aliphatic heterocycles. The Labute approximate surface area is 106 Å². The maximum atomic E-state index is 11.1. The fourth-order valence-electron chi connectivity index (χ4n) is 2.38. The van der Waals surface area contributed by atoms with Crippen molar-refractivity contribution in [3.8, 4) is 0 Å². The molecule has 4 nitrogen and oxygen atoms in total. The van der Waals surface area contributed by atoms with Crippen molar-refractivity contribution >= 4 is 17.3 Å². The summed E-state index contributed by atoms with van der Waals surface area (Å²) in [6, 6.07) is 8.32. The van der Waals surface area contributed by atoms with Crippen LogP contribution in [0.1, 0.15) is 18.4 Å². The molecule has 1 fully saturated rings. The molecular formula is C14H16N2O2. The van der Waals surface area contributed by atoms with Crippen molar-refractivity contribution in [1.29, 1.82) is 0 Å². The average Bonchev–Trinajstić information content (AvgIpc) is 2.87. The number of carbonyl (C=O) groups excluding carboxylic acids is 1. The van der Waals surface area contributed by atoms with E-state index < -0.39 is 0 Å². The van der Waals surface area contributed by atoms with Crippen molar-refractivity contribution < 1.29 is 9.53 Å². The van der Waals surface area contributed by atoms with Gasteiger partial charge in [0, 0.05) is 25.2 Å². The highest BCUT2D eigenvalue weighted by molar-refractivity contribution is 6.11. The van der Waals surface area contributed by atoms with E-state index >= 15 is 0 Å². The monoisotopic (exact) mass is 244 g/mol. The lowest BCUT2D eigenvalue weighted by Gasteiger charge is -2.28. The van der Waals surface area contributed by atoms with Gasteiger partial charge in [0.25, 0.3) is 0 Å². The molecule has 4 heteroatoms. The summed E-state index contributed by atoms with van der Waals surface area (Å²) in [5, 5.41) is 0. The Morgan fingerprint density at radius 1 is 1.06 bits per heavy atom. The number of morpholine rings is 1. The van der Waals surface area contributed by atoms with E-state index in [0.717, 1.165) is 44.0 Å². The Bertz CT molecular complexity index is 473. The van der Waals surface area contributed by atoms with Gasteiger partial charge in [0.1, 0.15) is 0 Å². The lowest BCUT2D eigenvalue weighted by Crippen LogP contribution is -2.36. The number of nitrogens with zero attached hydrogens (tertiary/aromatic N) is 2. The Kier molecular flexibility index (Phi) is 3.11. The Balaban J connectivity index is 1.76. The molecule has 2 heterocycles. The highest BCUT2D eigenvalue weighted by atomic mass is 16.5. The Morgan fingerprint density at radius 2 is 1.78 bits per heavy atom. The van der Waals surface area contributed by atoms with Crippen LogP contribution in [0.15, 0.2) is 29.3 Å². The summed E-state index contributed by atoms with van der Waals surface area (Å²) in [5.74, 6) is 0.00209. The molecule has 0 saturated carbocycles. The zero-order valence-electron chi connectivity index (χ0n) is 10.3. The second kappa shape index (κ2) is 4.90. The highest BCUT2D eigenvalue weighted by Gasteiger charge is 2.16. The first-order chi connectivity index (χ1) is 8.83. The Morgan fingerprint density at radius 3 is 2.39 bits per heavy atom. The molecule has 1 aromatic carbocycles. The van der Waals surface area contributed by atoms with Crippen LogP contribution < -0.4 is 4.90 Å². The fourth-order valence-corrected chi connectivity index (χ4v) is 2.38. The zero-order chi connectivity index (χ0) is 12.4. The molecule has 0 aliphatic carbocycles. The van der Waals surface area contributed by atoms with Crippen LogP contribution in [0.4, 0.5) is 5.69 Å². The van der Waals surface area contributed by atoms with E-state index in [4.69, 9.17) is 4.74 Å². The second-order valence-electron chi connectivity index (χ2n) is 4.60. The topological polar surface area (TPSA) is 41.9 Å². The van der Waals surface area contributed by atoms with Gasteiger partial charge in [-0.2, -0.15) is 0 Å². The minimum absolute atomic E-state index is 0.00209. The summed E-state index contributed by atoms with van der Waals surface area (Å²) < 4.78 is 5.34. The molecule has 0 unspecified atom stereocenters. The van der Waals surface area contributed by atoms with Crippen molar-refractivity contribution in [2.75, 3.05) is 31.2 Å². The molecule has 0 aromatic heterocycles. The molecule has 2 aliphatic rings. The number of ether oxygens (including phenoxy) is 1. The molecule has 1 aromatic rings. The number of rotatable bonds is 2. The first kappa shape index (κ1) is 11.4. The van der Waals surface area contributed by atoms with Crippen LogP contribution in [0.5, 0.6) is 0 Å². The zero-order valence-corrected chi connectivity index (χ0v) is 10.3. The number of hydrogen-bond acceptors (Lipinski definition) is 3. The van der Waals surface area contributed by atoms with Gasteiger partial charge in [0.2, 0.25) is 5.91 Å². The van der Waals surface area contributed by atoms with E-state index in [2.05, 4.69) is 34.2 Å². The van der Waals surface area contributed by atoms with Gasteiger partial charge in [0.15, 0.2) is 0 Å². The molecule has 0 N–H and O–H groups in total. The van der Waals surface area contributed by atoms with E-state index in [-0.39, 0.29) is 5.91 Å². The van der Waals surface area contributed by atoms with Crippen LogP contribution in [-0.4, -0.2) is 37.9 Å². The van der Waals surface area contributed by atoms with E-state index in [1.54, 1.807) is 0 Å². The number of aliphatic imine (C=N–C) groups is 1. The normalized spacial score (nSPS) is 20.1. The highest BCUT2D eigenvalue weighted by Crippen LogP contribution is 2.20. The molecule has 3 rings (SSSR count). The van der Waals surface area contributed by atoms with Crippen molar-refractivity contribution in [1.82, 2.24) is 0 Å². The van der Waals surface area contributed by atoms with Gasteiger partial charge < -0.3 is 9.64 Å². The molecule has 1 amide bonds. The summed E-state index contributed by atoms with van der Waals surface area (Å²) in [4.78, 5) is 17.5. The number of hydrogen-bond donors (Lipinski definition) is 0. The molecule has 0 bridgehead atoms. The van der Waals surface area contributed by atoms with Gasteiger partial charge in [-0.3, -0.25) is 4.79 Å². The van der Waals surface area contributed by atoms with Crippen LogP contribution >= 0.6 is 0 Å². The standard InChI is InChI=1S/C14H16N2O2/c17-14-6-5-13(15-14)11-1-3-12(4-2-11)16-7-9-18-10-8-16/h1-4H,5-10H2. The fraction of sp³-hybridized carbons (Fsp3) is 0.429. The van der Waals surface area contributed by atoms with Crippen molar-refractivity contribution in [3.63, 3.8) is 0 Å². The summed E-state index contributed by atoms with van der Waals surface area (Å²) in [6.45, 7) is 3.48. The third-order valence-electron chi connectivity index (χ3n) is 3.41. The van der Waals surface area contributed by atoms with Crippen LogP contribution in [-0.2, 0) is 9.53 Å². The number of anilines is 1. The van der Waals surface area contributed by atoms with Crippen LogP contribution in [0.3, 0.4) is 0 Å².